The van der Waals surface area contributed by atoms with Gasteiger partial charge < -0.3 is 14.8 Å². The molecule has 1 heterocycles. The second-order valence-electron chi connectivity index (χ2n) is 9.23. The minimum Gasteiger partial charge on any atom is -0.489 e. The highest BCUT2D eigenvalue weighted by atomic mass is 35.5. The van der Waals surface area contributed by atoms with Crippen LogP contribution < -0.4 is 10.1 Å². The predicted octanol–water partition coefficient (Wildman–Crippen LogP) is 6.92. The molecule has 1 aliphatic heterocycles. The minimum absolute atomic E-state index is 0.0930. The minimum atomic E-state index is -0.626. The molecular formula is C32H25ClN2O6S. The van der Waals surface area contributed by atoms with Gasteiger partial charge in [-0.25, -0.2) is 4.79 Å². The fourth-order valence-corrected chi connectivity index (χ4v) is 5.37. The zero-order valence-electron chi connectivity index (χ0n) is 22.5. The topological polar surface area (TPSA) is 102 Å². The summed E-state index contributed by atoms with van der Waals surface area (Å²) in [5.74, 6) is -1.14. The average Bonchev–Trinajstić information content (AvgIpc) is 3.25. The summed E-state index contributed by atoms with van der Waals surface area (Å²) in [4.78, 5) is 51.3. The van der Waals surface area contributed by atoms with Crippen molar-refractivity contribution in [2.24, 2.45) is 0 Å². The molecule has 4 aromatic rings. The van der Waals surface area contributed by atoms with Crippen molar-refractivity contribution in [2.75, 3.05) is 18.5 Å². The lowest BCUT2D eigenvalue weighted by atomic mass is 10.1. The molecule has 1 aliphatic rings. The standard InChI is InChI=1S/C32H25ClN2O6S/c1-2-40-31(38)26-17-23(12-15-27(26)33)34-29(36)18-35-30(37)28(42-32(35)39)16-20-10-13-24(14-11-20)41-19-22-8-5-7-21-6-3-4-9-25(21)22/h3-17H,2,18-19H2,1H3,(H,34,36)/b28-16+. The zero-order valence-corrected chi connectivity index (χ0v) is 24.0. The van der Waals surface area contributed by atoms with E-state index in [1.165, 1.54) is 18.2 Å². The average molecular weight is 601 g/mol. The van der Waals surface area contributed by atoms with Gasteiger partial charge in [0.1, 0.15) is 18.9 Å². The number of carbonyl (C=O) groups is 4. The molecule has 42 heavy (non-hydrogen) atoms. The first-order valence-electron chi connectivity index (χ1n) is 13.0. The third-order valence-electron chi connectivity index (χ3n) is 6.37. The highest BCUT2D eigenvalue weighted by Crippen LogP contribution is 2.32. The van der Waals surface area contributed by atoms with Gasteiger partial charge in [0.15, 0.2) is 0 Å². The summed E-state index contributed by atoms with van der Waals surface area (Å²) in [6, 6.07) is 25.7. The molecule has 212 valence electrons. The van der Waals surface area contributed by atoms with Gasteiger partial charge in [0.05, 0.1) is 22.1 Å². The fourth-order valence-electron chi connectivity index (χ4n) is 4.34. The van der Waals surface area contributed by atoms with E-state index in [4.69, 9.17) is 21.1 Å². The first kappa shape index (κ1) is 28.9. The van der Waals surface area contributed by atoms with Crippen LogP contribution in [0, 0.1) is 0 Å². The number of benzene rings is 4. The van der Waals surface area contributed by atoms with E-state index in [9.17, 15) is 19.2 Å². The van der Waals surface area contributed by atoms with Gasteiger partial charge in [-0.3, -0.25) is 19.3 Å². The second kappa shape index (κ2) is 12.9. The molecule has 5 rings (SSSR count). The van der Waals surface area contributed by atoms with Gasteiger partial charge in [-0.1, -0.05) is 66.2 Å². The van der Waals surface area contributed by atoms with E-state index in [1.54, 1.807) is 37.3 Å². The number of thioether (sulfide) groups is 1. The molecule has 4 aromatic carbocycles. The molecule has 1 saturated heterocycles. The summed E-state index contributed by atoms with van der Waals surface area (Å²) in [5, 5.41) is 4.48. The molecule has 0 aliphatic carbocycles. The Kier molecular flexibility index (Phi) is 8.90. The normalized spacial score (nSPS) is 14.0. The van der Waals surface area contributed by atoms with Gasteiger partial charge in [-0.05, 0) is 77.0 Å². The first-order valence-corrected chi connectivity index (χ1v) is 14.2. The van der Waals surface area contributed by atoms with Crippen LogP contribution >= 0.6 is 23.4 Å². The van der Waals surface area contributed by atoms with Crippen molar-refractivity contribution < 1.29 is 28.7 Å². The Labute approximate surface area is 251 Å². The van der Waals surface area contributed by atoms with Crippen molar-refractivity contribution in [2.45, 2.75) is 13.5 Å². The van der Waals surface area contributed by atoms with Crippen molar-refractivity contribution in [3.05, 3.63) is 112 Å². The SMILES string of the molecule is CCOC(=O)c1cc(NC(=O)CN2C(=O)S/C(=C/c3ccc(OCc4cccc5ccccc45)cc3)C2=O)ccc1Cl. The molecule has 0 bridgehead atoms. The van der Waals surface area contributed by atoms with Gasteiger partial charge in [-0.2, -0.15) is 0 Å². The third-order valence-corrected chi connectivity index (χ3v) is 7.61. The van der Waals surface area contributed by atoms with Crippen LogP contribution in [0.1, 0.15) is 28.4 Å². The number of esters is 1. The largest absolute Gasteiger partial charge is 0.489 e. The number of ether oxygens (including phenoxy) is 2. The highest BCUT2D eigenvalue weighted by Gasteiger charge is 2.36. The molecule has 0 saturated carbocycles. The zero-order chi connectivity index (χ0) is 29.6. The number of nitrogens with one attached hydrogen (secondary N) is 1. The number of imide groups is 1. The van der Waals surface area contributed by atoms with Crippen molar-refractivity contribution in [3.63, 3.8) is 0 Å². The fraction of sp³-hybridized carbons (Fsp3) is 0.125. The van der Waals surface area contributed by atoms with Gasteiger partial charge in [0.2, 0.25) is 5.91 Å². The van der Waals surface area contributed by atoms with E-state index in [1.807, 2.05) is 24.3 Å². The molecule has 1 N–H and O–H groups in total. The monoisotopic (exact) mass is 600 g/mol. The van der Waals surface area contributed by atoms with E-state index in [2.05, 4.69) is 23.5 Å². The Morgan fingerprint density at radius 1 is 0.976 bits per heavy atom. The van der Waals surface area contributed by atoms with E-state index in [0.29, 0.717) is 17.9 Å². The number of halogens is 1. The molecule has 0 spiro atoms. The summed E-state index contributed by atoms with van der Waals surface area (Å²) in [6.45, 7) is 1.75. The summed E-state index contributed by atoms with van der Waals surface area (Å²) in [7, 11) is 0. The quantitative estimate of drug-likeness (QED) is 0.164. The maximum atomic E-state index is 12.9. The van der Waals surface area contributed by atoms with Crippen LogP contribution in [-0.4, -0.2) is 41.1 Å². The second-order valence-corrected chi connectivity index (χ2v) is 10.6. The molecule has 0 unspecified atom stereocenters. The smallest absolute Gasteiger partial charge is 0.339 e. The molecule has 1 fully saturated rings. The van der Waals surface area contributed by atoms with Crippen LogP contribution in [0.3, 0.4) is 0 Å². The molecule has 0 aromatic heterocycles. The predicted molar refractivity (Wildman–Crippen MR) is 163 cm³/mol. The number of carbonyl (C=O) groups excluding carboxylic acids is 4. The molecule has 8 nitrogen and oxygen atoms in total. The van der Waals surface area contributed by atoms with E-state index in [0.717, 1.165) is 33.0 Å². The van der Waals surface area contributed by atoms with Crippen LogP contribution in [0.5, 0.6) is 5.75 Å². The van der Waals surface area contributed by atoms with E-state index < -0.39 is 29.6 Å². The summed E-state index contributed by atoms with van der Waals surface area (Å²) < 4.78 is 10.9. The van der Waals surface area contributed by atoms with Gasteiger partial charge in [0.25, 0.3) is 11.1 Å². The third kappa shape index (κ3) is 6.64. The number of hydrogen-bond acceptors (Lipinski definition) is 7. The van der Waals surface area contributed by atoms with Crippen molar-refractivity contribution in [1.82, 2.24) is 4.90 Å². The van der Waals surface area contributed by atoms with Gasteiger partial charge in [-0.15, -0.1) is 0 Å². The van der Waals surface area contributed by atoms with Crippen molar-refractivity contribution >= 4 is 68.9 Å². The van der Waals surface area contributed by atoms with Crippen molar-refractivity contribution in [1.29, 1.82) is 0 Å². The molecule has 3 amide bonds. The van der Waals surface area contributed by atoms with E-state index >= 15 is 0 Å². The summed E-state index contributed by atoms with van der Waals surface area (Å²) in [5.41, 5.74) is 2.15. The number of hydrogen-bond donors (Lipinski definition) is 1. The number of amides is 3. The Hall–Kier alpha value is -4.60. The lowest BCUT2D eigenvalue weighted by molar-refractivity contribution is -0.127. The van der Waals surface area contributed by atoms with Crippen LogP contribution in [0.25, 0.3) is 16.8 Å². The number of fused-ring (bicyclic) bond motifs is 1. The molecule has 0 radical (unpaired) electrons. The first-order chi connectivity index (χ1) is 20.3. The highest BCUT2D eigenvalue weighted by molar-refractivity contribution is 8.18. The van der Waals surface area contributed by atoms with Gasteiger partial charge in [0, 0.05) is 5.69 Å². The number of nitrogens with zero attached hydrogens (tertiary/aromatic N) is 1. The Morgan fingerprint density at radius 2 is 1.74 bits per heavy atom. The van der Waals surface area contributed by atoms with Crippen molar-refractivity contribution in [3.8, 4) is 5.75 Å². The number of anilines is 1. The Morgan fingerprint density at radius 3 is 2.52 bits per heavy atom. The summed E-state index contributed by atoms with van der Waals surface area (Å²) >= 11 is 6.82. The van der Waals surface area contributed by atoms with E-state index in [-0.39, 0.29) is 27.8 Å². The molecular weight excluding hydrogens is 576 g/mol. The Balaban J connectivity index is 1.19. The van der Waals surface area contributed by atoms with Crippen LogP contribution in [0.4, 0.5) is 10.5 Å². The van der Waals surface area contributed by atoms with Crippen LogP contribution in [-0.2, 0) is 20.9 Å². The van der Waals surface area contributed by atoms with Crippen LogP contribution in [0.15, 0.2) is 89.8 Å². The number of rotatable bonds is 9. The van der Waals surface area contributed by atoms with Crippen LogP contribution in [0.2, 0.25) is 5.02 Å². The lowest BCUT2D eigenvalue weighted by Gasteiger charge is -2.13. The maximum Gasteiger partial charge on any atom is 0.339 e. The molecule has 10 heteroatoms. The maximum absolute atomic E-state index is 12.9. The summed E-state index contributed by atoms with van der Waals surface area (Å²) in [6.07, 6.45) is 1.60. The molecule has 0 atom stereocenters. The lowest BCUT2D eigenvalue weighted by Crippen LogP contribution is -2.36. The Bertz CT molecular complexity index is 1710. The van der Waals surface area contributed by atoms with Gasteiger partial charge >= 0.3 is 5.97 Å².